The van der Waals surface area contributed by atoms with Gasteiger partial charge in [0.15, 0.2) is 0 Å². The summed E-state index contributed by atoms with van der Waals surface area (Å²) in [7, 11) is 1.42. The summed E-state index contributed by atoms with van der Waals surface area (Å²) in [4.78, 5) is 51.9. The second-order valence-corrected chi connectivity index (χ2v) is 6.18. The van der Waals surface area contributed by atoms with Gasteiger partial charge >= 0.3 is 0 Å². The second-order valence-electron chi connectivity index (χ2n) is 6.18. The highest BCUT2D eigenvalue weighted by Gasteiger charge is 2.40. The zero-order valence-corrected chi connectivity index (χ0v) is 13.9. The van der Waals surface area contributed by atoms with E-state index in [1.54, 1.807) is 42.5 Å². The summed E-state index contributed by atoms with van der Waals surface area (Å²) in [6, 6.07) is 10.6. The molecule has 0 aliphatic carbocycles. The van der Waals surface area contributed by atoms with Crippen molar-refractivity contribution in [2.75, 3.05) is 7.05 Å². The third kappa shape index (κ3) is 1.99. The predicted octanol–water partition coefficient (Wildman–Crippen LogP) is 2.44. The molecule has 0 spiro atoms. The molecule has 2 aliphatic heterocycles. The minimum Gasteiger partial charge on any atom is -0.277 e. The molecule has 2 aromatic carbocycles. The quantitative estimate of drug-likeness (QED) is 0.632. The minimum atomic E-state index is -0.735. The molecule has 1 atom stereocenters. The molecule has 6 heteroatoms. The van der Waals surface area contributed by atoms with Gasteiger partial charge in [-0.05, 0) is 29.8 Å². The van der Waals surface area contributed by atoms with Crippen molar-refractivity contribution in [2.45, 2.75) is 6.04 Å². The third-order valence-corrected chi connectivity index (χ3v) is 4.78. The molecule has 0 fully saturated rings. The largest absolute Gasteiger partial charge is 0.277 e. The molecule has 128 valence electrons. The summed E-state index contributed by atoms with van der Waals surface area (Å²) in [5, 5.41) is 0. The van der Waals surface area contributed by atoms with Crippen LogP contribution in [0.4, 0.5) is 0 Å². The van der Waals surface area contributed by atoms with E-state index in [1.807, 2.05) is 0 Å². The summed E-state index contributed by atoms with van der Waals surface area (Å²) >= 11 is 0. The van der Waals surface area contributed by atoms with Crippen LogP contribution in [0.1, 0.15) is 53.0 Å². The van der Waals surface area contributed by atoms with E-state index < -0.39 is 23.8 Å². The van der Waals surface area contributed by atoms with Gasteiger partial charge in [0.1, 0.15) is 0 Å². The maximum Gasteiger partial charge on any atom is 0.262 e. The lowest BCUT2D eigenvalue weighted by Crippen LogP contribution is -2.33. The third-order valence-electron chi connectivity index (χ3n) is 4.78. The van der Waals surface area contributed by atoms with E-state index in [0.717, 1.165) is 9.80 Å². The number of rotatable bonds is 3. The summed E-state index contributed by atoms with van der Waals surface area (Å²) in [5.41, 5.74) is 1.81. The zero-order chi connectivity index (χ0) is 18.6. The van der Waals surface area contributed by atoms with Gasteiger partial charge in [0, 0.05) is 7.05 Å². The van der Waals surface area contributed by atoms with E-state index >= 15 is 0 Å². The van der Waals surface area contributed by atoms with Crippen LogP contribution >= 0.6 is 0 Å². The second kappa shape index (κ2) is 5.49. The molecule has 0 saturated heterocycles. The van der Waals surface area contributed by atoms with E-state index in [1.165, 1.54) is 13.1 Å². The molecule has 0 radical (unpaired) electrons. The van der Waals surface area contributed by atoms with Gasteiger partial charge in [-0.3, -0.25) is 29.0 Å². The molecule has 0 saturated carbocycles. The lowest BCUT2D eigenvalue weighted by atomic mass is 9.99. The maximum atomic E-state index is 12.7. The van der Waals surface area contributed by atoms with Gasteiger partial charge < -0.3 is 0 Å². The Hall–Kier alpha value is -3.54. The molecule has 2 aromatic rings. The molecule has 0 bridgehead atoms. The summed E-state index contributed by atoms with van der Waals surface area (Å²) in [6.45, 7) is 3.75. The molecular formula is C20H14N2O4. The molecule has 6 nitrogen and oxygen atoms in total. The average molecular weight is 346 g/mol. The Morgan fingerprint density at radius 2 is 1.35 bits per heavy atom. The molecule has 0 unspecified atom stereocenters. The van der Waals surface area contributed by atoms with Crippen LogP contribution < -0.4 is 0 Å². The van der Waals surface area contributed by atoms with E-state index in [-0.39, 0.29) is 11.5 Å². The van der Waals surface area contributed by atoms with Crippen molar-refractivity contribution in [3.63, 3.8) is 0 Å². The van der Waals surface area contributed by atoms with Crippen molar-refractivity contribution in [3.8, 4) is 0 Å². The Kier molecular flexibility index (Phi) is 3.37. The number of carbonyl (C=O) groups is 4. The fourth-order valence-electron chi connectivity index (χ4n) is 3.41. The van der Waals surface area contributed by atoms with Crippen molar-refractivity contribution < 1.29 is 19.2 Å². The van der Waals surface area contributed by atoms with Gasteiger partial charge in [0.2, 0.25) is 0 Å². The normalized spacial score (nSPS) is 16.8. The van der Waals surface area contributed by atoms with E-state index in [2.05, 4.69) is 6.58 Å². The highest BCUT2D eigenvalue weighted by atomic mass is 16.2. The van der Waals surface area contributed by atoms with Gasteiger partial charge in [-0.1, -0.05) is 24.3 Å². The molecule has 2 heterocycles. The first-order chi connectivity index (χ1) is 12.5. The van der Waals surface area contributed by atoms with E-state index in [4.69, 9.17) is 0 Å². The van der Waals surface area contributed by atoms with Crippen LogP contribution in [-0.4, -0.2) is 40.5 Å². The smallest absolute Gasteiger partial charge is 0.262 e. The van der Waals surface area contributed by atoms with E-state index in [0.29, 0.717) is 22.3 Å². The van der Waals surface area contributed by atoms with Crippen LogP contribution in [0.25, 0.3) is 0 Å². The molecule has 2 aliphatic rings. The Balaban J connectivity index is 1.78. The van der Waals surface area contributed by atoms with Crippen molar-refractivity contribution in [1.29, 1.82) is 0 Å². The van der Waals surface area contributed by atoms with E-state index in [9.17, 15) is 19.2 Å². The van der Waals surface area contributed by atoms with Gasteiger partial charge in [-0.25, -0.2) is 0 Å². The van der Waals surface area contributed by atoms with Crippen LogP contribution in [-0.2, 0) is 0 Å². The van der Waals surface area contributed by atoms with Crippen LogP contribution in [0, 0.1) is 0 Å². The number of hydrogen-bond donors (Lipinski definition) is 0. The first-order valence-electron chi connectivity index (χ1n) is 8.01. The van der Waals surface area contributed by atoms with Crippen LogP contribution in [0.5, 0.6) is 0 Å². The monoisotopic (exact) mass is 346 g/mol. The van der Waals surface area contributed by atoms with Gasteiger partial charge in [-0.2, -0.15) is 0 Å². The van der Waals surface area contributed by atoms with Crippen molar-refractivity contribution in [2.24, 2.45) is 0 Å². The van der Waals surface area contributed by atoms with Crippen LogP contribution in [0.15, 0.2) is 55.1 Å². The zero-order valence-electron chi connectivity index (χ0n) is 13.9. The Morgan fingerprint density at radius 1 is 0.808 bits per heavy atom. The first-order valence-corrected chi connectivity index (χ1v) is 8.01. The summed E-state index contributed by atoms with van der Waals surface area (Å²) in [5.74, 6) is -1.59. The fraction of sp³-hybridized carbons (Fsp3) is 0.100. The molecule has 26 heavy (non-hydrogen) atoms. The Labute approximate surface area is 149 Å². The number of hydrogen-bond acceptors (Lipinski definition) is 4. The number of nitrogens with zero attached hydrogens (tertiary/aromatic N) is 2. The standard InChI is InChI=1S/C20H14N2O4/c1-3-16(22-19(25)12-6-4-5-7-13(12)20(22)26)11-8-9-14-15(10-11)18(24)21(2)17(14)23/h3-10,16H,1H2,2H3/t16-/m0/s1. The summed E-state index contributed by atoms with van der Waals surface area (Å²) in [6.07, 6.45) is 1.48. The first kappa shape index (κ1) is 16.0. The number of fused-ring (bicyclic) bond motifs is 2. The molecule has 4 amide bonds. The number of amides is 4. The fourth-order valence-corrected chi connectivity index (χ4v) is 3.41. The average Bonchev–Trinajstić information content (AvgIpc) is 3.04. The highest BCUT2D eigenvalue weighted by Crippen LogP contribution is 2.34. The van der Waals surface area contributed by atoms with Gasteiger partial charge in [0.05, 0.1) is 28.3 Å². The van der Waals surface area contributed by atoms with Crippen molar-refractivity contribution >= 4 is 23.6 Å². The molecular weight excluding hydrogens is 332 g/mol. The molecule has 0 N–H and O–H groups in total. The number of benzene rings is 2. The highest BCUT2D eigenvalue weighted by molar-refractivity contribution is 6.22. The molecule has 0 aromatic heterocycles. The maximum absolute atomic E-state index is 12.7. The van der Waals surface area contributed by atoms with Crippen molar-refractivity contribution in [1.82, 2.24) is 9.80 Å². The Morgan fingerprint density at radius 3 is 1.92 bits per heavy atom. The van der Waals surface area contributed by atoms with Gasteiger partial charge in [-0.15, -0.1) is 6.58 Å². The molecule has 4 rings (SSSR count). The topological polar surface area (TPSA) is 74.8 Å². The number of imide groups is 2. The lowest BCUT2D eigenvalue weighted by molar-refractivity contribution is 0.0611. The number of carbonyl (C=O) groups excluding carboxylic acids is 4. The Bertz CT molecular complexity index is 989. The minimum absolute atomic E-state index is 0.262. The van der Waals surface area contributed by atoms with Crippen molar-refractivity contribution in [3.05, 3.63) is 82.9 Å². The van der Waals surface area contributed by atoms with Crippen LogP contribution in [0.3, 0.4) is 0 Å². The SMILES string of the molecule is C=C[C@@H](c1ccc2c(c1)C(=O)N(C)C2=O)N1C(=O)c2ccccc2C1=O. The van der Waals surface area contributed by atoms with Gasteiger partial charge in [0.25, 0.3) is 23.6 Å². The lowest BCUT2D eigenvalue weighted by Gasteiger charge is -2.24. The predicted molar refractivity (Wildman–Crippen MR) is 92.7 cm³/mol. The van der Waals surface area contributed by atoms with Crippen LogP contribution in [0.2, 0.25) is 0 Å². The summed E-state index contributed by atoms with van der Waals surface area (Å²) < 4.78 is 0.